The lowest BCUT2D eigenvalue weighted by Crippen LogP contribution is -2.26. The molecule has 17 heavy (non-hydrogen) atoms. The number of benzene rings is 1. The van der Waals surface area contributed by atoms with Crippen LogP contribution in [0.25, 0.3) is 0 Å². The molecule has 2 aromatic rings. The third kappa shape index (κ3) is 2.93. The molecule has 0 aliphatic carbocycles. The number of hydrogen-bond acceptors (Lipinski definition) is 2. The first kappa shape index (κ1) is 11.4. The summed E-state index contributed by atoms with van der Waals surface area (Å²) in [6.07, 6.45) is 2.17. The number of halogens is 1. The molecule has 88 valence electrons. The first-order valence-electron chi connectivity index (χ1n) is 5.32. The lowest BCUT2D eigenvalue weighted by molar-refractivity contribution is 0.0949. The van der Waals surface area contributed by atoms with Crippen molar-refractivity contribution in [3.05, 3.63) is 59.8 Å². The van der Waals surface area contributed by atoms with Crippen LogP contribution in [0.4, 0.5) is 4.39 Å². The smallest absolute Gasteiger partial charge is 0.254 e. The highest BCUT2D eigenvalue weighted by Crippen LogP contribution is 2.06. The fraction of sp³-hybridized carbons (Fsp3) is 0.154. The van der Waals surface area contributed by atoms with Crippen LogP contribution in [-0.4, -0.2) is 12.5 Å². The summed E-state index contributed by atoms with van der Waals surface area (Å²) >= 11 is 0. The molecule has 3 nitrogen and oxygen atoms in total. The van der Waals surface area contributed by atoms with Gasteiger partial charge in [0.2, 0.25) is 0 Å². The fourth-order valence-electron chi connectivity index (χ4n) is 1.49. The van der Waals surface area contributed by atoms with Crippen molar-refractivity contribution < 1.29 is 13.6 Å². The van der Waals surface area contributed by atoms with Gasteiger partial charge in [0.15, 0.2) is 0 Å². The molecule has 0 atom stereocenters. The molecule has 2 rings (SSSR count). The number of furan rings is 1. The molecule has 0 unspecified atom stereocenters. The molecule has 1 N–H and O–H groups in total. The first-order valence-corrected chi connectivity index (χ1v) is 5.32. The van der Waals surface area contributed by atoms with Gasteiger partial charge in [-0.2, -0.15) is 0 Å². The Morgan fingerprint density at radius 3 is 2.76 bits per heavy atom. The number of amides is 1. The van der Waals surface area contributed by atoms with Crippen LogP contribution in [0.1, 0.15) is 16.1 Å². The van der Waals surface area contributed by atoms with Gasteiger partial charge in [-0.15, -0.1) is 0 Å². The number of carbonyl (C=O) groups is 1. The number of carbonyl (C=O) groups excluding carboxylic acids is 1. The van der Waals surface area contributed by atoms with Crippen LogP contribution in [0, 0.1) is 5.82 Å². The van der Waals surface area contributed by atoms with Crippen molar-refractivity contribution in [3.8, 4) is 0 Å². The Balaban J connectivity index is 1.88. The zero-order chi connectivity index (χ0) is 12.1. The third-order valence-electron chi connectivity index (χ3n) is 2.36. The van der Waals surface area contributed by atoms with Crippen molar-refractivity contribution in [2.75, 3.05) is 6.54 Å². The Hall–Kier alpha value is -2.10. The molecule has 0 fully saturated rings. The molecule has 0 spiro atoms. The van der Waals surface area contributed by atoms with Crippen LogP contribution in [-0.2, 0) is 6.42 Å². The SMILES string of the molecule is O=C(NCCc1ccco1)c1ccccc1F. The van der Waals surface area contributed by atoms with Gasteiger partial charge in [0, 0.05) is 13.0 Å². The molecular weight excluding hydrogens is 221 g/mol. The van der Waals surface area contributed by atoms with E-state index in [1.807, 2.05) is 6.07 Å². The number of rotatable bonds is 4. The predicted molar refractivity (Wildman–Crippen MR) is 61.1 cm³/mol. The zero-order valence-corrected chi connectivity index (χ0v) is 9.15. The summed E-state index contributed by atoms with van der Waals surface area (Å²) in [6, 6.07) is 9.52. The summed E-state index contributed by atoms with van der Waals surface area (Å²) in [7, 11) is 0. The van der Waals surface area contributed by atoms with Gasteiger partial charge in [-0.3, -0.25) is 4.79 Å². The molecule has 0 saturated heterocycles. The van der Waals surface area contributed by atoms with Gasteiger partial charge in [-0.05, 0) is 24.3 Å². The molecule has 1 amide bonds. The standard InChI is InChI=1S/C13H12FNO2/c14-12-6-2-1-5-11(12)13(16)15-8-7-10-4-3-9-17-10/h1-6,9H,7-8H2,(H,15,16). The van der Waals surface area contributed by atoms with Crippen molar-refractivity contribution in [1.82, 2.24) is 5.32 Å². The minimum absolute atomic E-state index is 0.0620. The van der Waals surface area contributed by atoms with Gasteiger partial charge in [-0.25, -0.2) is 4.39 Å². The monoisotopic (exact) mass is 233 g/mol. The van der Waals surface area contributed by atoms with E-state index in [1.165, 1.54) is 12.1 Å². The average Bonchev–Trinajstić information content (AvgIpc) is 2.82. The van der Waals surface area contributed by atoms with E-state index in [0.717, 1.165) is 5.76 Å². The van der Waals surface area contributed by atoms with E-state index in [4.69, 9.17) is 4.42 Å². The van der Waals surface area contributed by atoms with E-state index in [9.17, 15) is 9.18 Å². The molecule has 1 aromatic heterocycles. The van der Waals surface area contributed by atoms with E-state index in [-0.39, 0.29) is 5.56 Å². The zero-order valence-electron chi connectivity index (χ0n) is 9.15. The van der Waals surface area contributed by atoms with E-state index in [2.05, 4.69) is 5.32 Å². The van der Waals surface area contributed by atoms with Crippen molar-refractivity contribution in [1.29, 1.82) is 0 Å². The van der Waals surface area contributed by atoms with E-state index in [0.29, 0.717) is 13.0 Å². The fourth-order valence-corrected chi connectivity index (χ4v) is 1.49. The van der Waals surface area contributed by atoms with Crippen LogP contribution in [0.3, 0.4) is 0 Å². The second-order valence-corrected chi connectivity index (χ2v) is 3.57. The molecule has 4 heteroatoms. The normalized spacial score (nSPS) is 10.2. The third-order valence-corrected chi connectivity index (χ3v) is 2.36. The Bertz CT molecular complexity index is 494. The Labute approximate surface area is 98.3 Å². The van der Waals surface area contributed by atoms with Crippen LogP contribution in [0.5, 0.6) is 0 Å². The lowest BCUT2D eigenvalue weighted by atomic mass is 10.2. The summed E-state index contributed by atoms with van der Waals surface area (Å²) in [5.74, 6) is -0.128. The molecule has 0 bridgehead atoms. The Morgan fingerprint density at radius 2 is 2.06 bits per heavy atom. The van der Waals surface area contributed by atoms with Gasteiger partial charge >= 0.3 is 0 Å². The largest absolute Gasteiger partial charge is 0.469 e. The van der Waals surface area contributed by atoms with Gasteiger partial charge in [-0.1, -0.05) is 12.1 Å². The molecule has 0 aliphatic rings. The second kappa shape index (κ2) is 5.30. The Morgan fingerprint density at radius 1 is 1.24 bits per heavy atom. The van der Waals surface area contributed by atoms with Crippen LogP contribution in [0.2, 0.25) is 0 Å². The lowest BCUT2D eigenvalue weighted by Gasteiger charge is -2.04. The van der Waals surface area contributed by atoms with Crippen molar-refractivity contribution in [2.45, 2.75) is 6.42 Å². The highest BCUT2D eigenvalue weighted by molar-refractivity contribution is 5.94. The van der Waals surface area contributed by atoms with Crippen LogP contribution < -0.4 is 5.32 Å². The van der Waals surface area contributed by atoms with Crippen LogP contribution >= 0.6 is 0 Å². The van der Waals surface area contributed by atoms with Gasteiger partial charge in [0.25, 0.3) is 5.91 Å². The van der Waals surface area contributed by atoms with Gasteiger partial charge in [0.05, 0.1) is 11.8 Å². The Kier molecular flexibility index (Phi) is 3.55. The molecule has 1 heterocycles. The minimum atomic E-state index is -0.511. The number of hydrogen-bond donors (Lipinski definition) is 1. The molecule has 1 aromatic carbocycles. The maximum Gasteiger partial charge on any atom is 0.254 e. The summed E-state index contributed by atoms with van der Waals surface area (Å²) in [4.78, 5) is 11.6. The average molecular weight is 233 g/mol. The van der Waals surface area contributed by atoms with Gasteiger partial charge in [0.1, 0.15) is 11.6 Å². The molecule has 0 radical (unpaired) electrons. The second-order valence-electron chi connectivity index (χ2n) is 3.57. The highest BCUT2D eigenvalue weighted by Gasteiger charge is 2.09. The molecule has 0 aliphatic heterocycles. The quantitative estimate of drug-likeness (QED) is 0.881. The predicted octanol–water partition coefficient (Wildman–Crippen LogP) is 2.39. The van der Waals surface area contributed by atoms with E-state index < -0.39 is 11.7 Å². The summed E-state index contributed by atoms with van der Waals surface area (Å²) in [6.45, 7) is 0.417. The van der Waals surface area contributed by atoms with E-state index >= 15 is 0 Å². The number of nitrogens with one attached hydrogen (secondary N) is 1. The summed E-state index contributed by atoms with van der Waals surface area (Å²) in [5, 5.41) is 2.64. The van der Waals surface area contributed by atoms with E-state index in [1.54, 1.807) is 24.5 Å². The topological polar surface area (TPSA) is 42.2 Å². The van der Waals surface area contributed by atoms with Gasteiger partial charge < -0.3 is 9.73 Å². The maximum atomic E-state index is 13.3. The maximum absolute atomic E-state index is 13.3. The van der Waals surface area contributed by atoms with Crippen molar-refractivity contribution in [3.63, 3.8) is 0 Å². The summed E-state index contributed by atoms with van der Waals surface area (Å²) in [5.41, 5.74) is 0.0620. The molecular formula is C13H12FNO2. The van der Waals surface area contributed by atoms with Crippen molar-refractivity contribution in [2.24, 2.45) is 0 Å². The highest BCUT2D eigenvalue weighted by atomic mass is 19.1. The minimum Gasteiger partial charge on any atom is -0.469 e. The van der Waals surface area contributed by atoms with Crippen molar-refractivity contribution >= 4 is 5.91 Å². The first-order chi connectivity index (χ1) is 8.27. The summed E-state index contributed by atoms with van der Waals surface area (Å²) < 4.78 is 18.4. The molecule has 0 saturated carbocycles. The van der Waals surface area contributed by atoms with Crippen LogP contribution in [0.15, 0.2) is 47.1 Å².